The molecular formula is C21H19ClN2O5. The van der Waals surface area contributed by atoms with Crippen molar-refractivity contribution in [1.29, 1.82) is 0 Å². The number of hydrogen-bond donors (Lipinski definition) is 0. The van der Waals surface area contributed by atoms with Gasteiger partial charge >= 0.3 is 5.69 Å². The molecule has 0 radical (unpaired) electrons. The molecular weight excluding hydrogens is 396 g/mol. The van der Waals surface area contributed by atoms with E-state index < -0.39 is 4.92 Å². The molecule has 0 aliphatic rings. The average molecular weight is 415 g/mol. The molecule has 0 aliphatic heterocycles. The standard InChI is InChI=1S/C21H19ClN2O5/c1-3-27-20-12-15(9-11-19-21(24(25)26)14(2)23-29-19)8-10-18(20)28-13-16-6-4-5-7-17(16)22/h4-12H,3,13H2,1-2H3/b11-9-. The quantitative estimate of drug-likeness (QED) is 0.347. The summed E-state index contributed by atoms with van der Waals surface area (Å²) in [6.07, 6.45) is 3.20. The van der Waals surface area contributed by atoms with Crippen LogP contribution in [0.2, 0.25) is 5.02 Å². The second kappa shape index (κ2) is 9.25. The molecule has 0 unspecified atom stereocenters. The topological polar surface area (TPSA) is 87.6 Å². The Hall–Kier alpha value is -3.32. The van der Waals surface area contributed by atoms with Crippen LogP contribution in [0.25, 0.3) is 12.2 Å². The van der Waals surface area contributed by atoms with Gasteiger partial charge in [0.15, 0.2) is 17.2 Å². The molecule has 0 N–H and O–H groups in total. The Morgan fingerprint density at radius 2 is 1.97 bits per heavy atom. The molecule has 29 heavy (non-hydrogen) atoms. The molecule has 0 spiro atoms. The van der Waals surface area contributed by atoms with Crippen LogP contribution in [-0.2, 0) is 6.61 Å². The summed E-state index contributed by atoms with van der Waals surface area (Å²) in [6.45, 7) is 4.17. The van der Waals surface area contributed by atoms with Crippen LogP contribution in [0.15, 0.2) is 47.0 Å². The van der Waals surface area contributed by atoms with Crippen LogP contribution in [0.4, 0.5) is 5.69 Å². The SMILES string of the molecule is CCOc1cc(/C=C\c2onc(C)c2[N+](=O)[O-])ccc1OCc1ccccc1Cl. The third-order valence-electron chi connectivity index (χ3n) is 4.08. The van der Waals surface area contributed by atoms with Crippen molar-refractivity contribution in [2.45, 2.75) is 20.5 Å². The number of aromatic nitrogens is 1. The second-order valence-electron chi connectivity index (χ2n) is 6.09. The van der Waals surface area contributed by atoms with Gasteiger partial charge in [-0.25, -0.2) is 0 Å². The fourth-order valence-electron chi connectivity index (χ4n) is 2.67. The lowest BCUT2D eigenvalue weighted by Crippen LogP contribution is -2.00. The van der Waals surface area contributed by atoms with Crippen molar-refractivity contribution >= 4 is 29.4 Å². The van der Waals surface area contributed by atoms with E-state index in [1.54, 1.807) is 18.2 Å². The van der Waals surface area contributed by atoms with Crippen molar-refractivity contribution in [1.82, 2.24) is 5.16 Å². The Balaban J connectivity index is 1.80. The van der Waals surface area contributed by atoms with Crippen molar-refractivity contribution in [3.63, 3.8) is 0 Å². The molecule has 150 valence electrons. The molecule has 0 amide bonds. The van der Waals surface area contributed by atoms with Gasteiger partial charge in [-0.05, 0) is 43.7 Å². The Bertz CT molecular complexity index is 1050. The first-order valence-electron chi connectivity index (χ1n) is 8.91. The maximum atomic E-state index is 11.1. The Kier molecular flexibility index (Phi) is 6.51. The number of hydrogen-bond acceptors (Lipinski definition) is 6. The van der Waals surface area contributed by atoms with Crippen molar-refractivity contribution in [2.75, 3.05) is 6.61 Å². The van der Waals surface area contributed by atoms with Crippen LogP contribution < -0.4 is 9.47 Å². The molecule has 1 aromatic heterocycles. The first-order chi connectivity index (χ1) is 14.0. The molecule has 0 aliphatic carbocycles. The zero-order valence-electron chi connectivity index (χ0n) is 15.9. The zero-order chi connectivity index (χ0) is 20.8. The minimum Gasteiger partial charge on any atom is -0.490 e. The maximum Gasteiger partial charge on any atom is 0.338 e. The van der Waals surface area contributed by atoms with Crippen molar-refractivity contribution in [2.24, 2.45) is 0 Å². The summed E-state index contributed by atoms with van der Waals surface area (Å²) >= 11 is 6.17. The Morgan fingerprint density at radius 1 is 1.17 bits per heavy atom. The Morgan fingerprint density at radius 3 is 2.69 bits per heavy atom. The van der Waals surface area contributed by atoms with E-state index in [1.807, 2.05) is 37.3 Å². The largest absolute Gasteiger partial charge is 0.490 e. The lowest BCUT2D eigenvalue weighted by Gasteiger charge is -2.13. The molecule has 8 heteroatoms. The van der Waals surface area contributed by atoms with Crippen LogP contribution in [0.1, 0.15) is 29.5 Å². The fourth-order valence-corrected chi connectivity index (χ4v) is 2.86. The Labute approximate surface area is 172 Å². The highest BCUT2D eigenvalue weighted by Crippen LogP contribution is 2.31. The molecule has 1 heterocycles. The van der Waals surface area contributed by atoms with Gasteiger partial charge in [0.05, 0.1) is 11.5 Å². The van der Waals surface area contributed by atoms with Gasteiger partial charge in [0.25, 0.3) is 0 Å². The van der Waals surface area contributed by atoms with E-state index in [9.17, 15) is 10.1 Å². The van der Waals surface area contributed by atoms with E-state index in [2.05, 4.69) is 5.16 Å². The molecule has 0 saturated heterocycles. The van der Waals surface area contributed by atoms with Crippen LogP contribution >= 0.6 is 11.6 Å². The second-order valence-corrected chi connectivity index (χ2v) is 6.50. The van der Waals surface area contributed by atoms with Gasteiger partial charge in [0.2, 0.25) is 5.76 Å². The van der Waals surface area contributed by atoms with E-state index in [0.717, 1.165) is 11.1 Å². The maximum absolute atomic E-state index is 11.1. The summed E-state index contributed by atoms with van der Waals surface area (Å²) in [4.78, 5) is 10.6. The van der Waals surface area contributed by atoms with Gasteiger partial charge in [0, 0.05) is 10.6 Å². The van der Waals surface area contributed by atoms with Crippen LogP contribution in [0, 0.1) is 17.0 Å². The third-order valence-corrected chi connectivity index (χ3v) is 4.44. The van der Waals surface area contributed by atoms with Gasteiger partial charge in [-0.3, -0.25) is 10.1 Å². The summed E-state index contributed by atoms with van der Waals surface area (Å²) < 4.78 is 16.6. The zero-order valence-corrected chi connectivity index (χ0v) is 16.7. The number of benzene rings is 2. The lowest BCUT2D eigenvalue weighted by atomic mass is 10.1. The lowest BCUT2D eigenvalue weighted by molar-refractivity contribution is -0.386. The van der Waals surface area contributed by atoms with E-state index in [-0.39, 0.29) is 17.1 Å². The fraction of sp³-hybridized carbons (Fsp3) is 0.190. The number of ether oxygens (including phenoxy) is 2. The van der Waals surface area contributed by atoms with E-state index >= 15 is 0 Å². The third kappa shape index (κ3) is 4.94. The minimum atomic E-state index is -0.511. The minimum absolute atomic E-state index is 0.0875. The van der Waals surface area contributed by atoms with Gasteiger partial charge in [-0.2, -0.15) is 0 Å². The van der Waals surface area contributed by atoms with E-state index in [1.165, 1.54) is 13.0 Å². The van der Waals surface area contributed by atoms with E-state index in [0.29, 0.717) is 29.7 Å². The molecule has 0 fully saturated rings. The monoisotopic (exact) mass is 414 g/mol. The number of halogens is 1. The molecule has 0 bridgehead atoms. The smallest absolute Gasteiger partial charge is 0.338 e. The molecule has 3 rings (SSSR count). The van der Waals surface area contributed by atoms with Crippen LogP contribution in [0.3, 0.4) is 0 Å². The van der Waals surface area contributed by atoms with Gasteiger partial charge in [0.1, 0.15) is 6.61 Å². The molecule has 2 aromatic carbocycles. The van der Waals surface area contributed by atoms with Gasteiger partial charge in [-0.15, -0.1) is 0 Å². The summed E-state index contributed by atoms with van der Waals surface area (Å²) in [5.41, 5.74) is 1.72. The van der Waals surface area contributed by atoms with Crippen LogP contribution in [0.5, 0.6) is 11.5 Å². The molecule has 0 atom stereocenters. The number of rotatable bonds is 8. The van der Waals surface area contributed by atoms with E-state index in [4.69, 9.17) is 25.6 Å². The van der Waals surface area contributed by atoms with Gasteiger partial charge < -0.3 is 14.0 Å². The predicted molar refractivity (Wildman–Crippen MR) is 110 cm³/mol. The first kappa shape index (κ1) is 20.4. The summed E-state index contributed by atoms with van der Waals surface area (Å²) in [6, 6.07) is 12.8. The summed E-state index contributed by atoms with van der Waals surface area (Å²) in [5, 5.41) is 15.4. The highest BCUT2D eigenvalue weighted by atomic mass is 35.5. The first-order valence-corrected chi connectivity index (χ1v) is 9.29. The predicted octanol–water partition coefficient (Wildman–Crippen LogP) is 5.69. The normalized spacial score (nSPS) is 11.0. The van der Waals surface area contributed by atoms with Gasteiger partial charge in [-0.1, -0.05) is 47.1 Å². The highest BCUT2D eigenvalue weighted by Gasteiger charge is 2.21. The van der Waals surface area contributed by atoms with Crippen molar-refractivity contribution in [3.05, 3.63) is 80.2 Å². The molecule has 7 nitrogen and oxygen atoms in total. The highest BCUT2D eigenvalue weighted by molar-refractivity contribution is 6.31. The number of nitrogens with zero attached hydrogens (tertiary/aromatic N) is 2. The number of nitro groups is 1. The number of aryl methyl sites for hydroxylation is 1. The summed E-state index contributed by atoms with van der Waals surface area (Å²) in [7, 11) is 0. The van der Waals surface area contributed by atoms with Crippen molar-refractivity contribution in [3.8, 4) is 11.5 Å². The molecule has 3 aromatic rings. The summed E-state index contributed by atoms with van der Waals surface area (Å²) in [5.74, 6) is 1.22. The van der Waals surface area contributed by atoms with Crippen LogP contribution in [-0.4, -0.2) is 16.7 Å². The van der Waals surface area contributed by atoms with Crippen molar-refractivity contribution < 1.29 is 18.9 Å². The average Bonchev–Trinajstić information content (AvgIpc) is 3.07. The molecule has 0 saturated carbocycles.